The van der Waals surface area contributed by atoms with E-state index in [2.05, 4.69) is 21.2 Å². The minimum Gasteiger partial charge on any atom is -0.488 e. The van der Waals surface area contributed by atoms with E-state index in [0.717, 1.165) is 46.3 Å². The SMILES string of the molecule is O=C(NCc1ccco1)c1c(N=Cc2ccc(OCc3ccccc3F)c(Br)c2)sc2c1CCCC2. The Labute approximate surface area is 221 Å². The summed E-state index contributed by atoms with van der Waals surface area (Å²) in [4.78, 5) is 19.1. The van der Waals surface area contributed by atoms with Gasteiger partial charge in [0.2, 0.25) is 0 Å². The summed E-state index contributed by atoms with van der Waals surface area (Å²) in [6, 6.07) is 15.8. The van der Waals surface area contributed by atoms with E-state index in [9.17, 15) is 9.18 Å². The third kappa shape index (κ3) is 5.60. The van der Waals surface area contributed by atoms with Crippen molar-refractivity contribution in [3.8, 4) is 5.75 Å². The van der Waals surface area contributed by atoms with Gasteiger partial charge in [-0.2, -0.15) is 0 Å². The van der Waals surface area contributed by atoms with E-state index in [4.69, 9.17) is 14.1 Å². The molecule has 1 aliphatic rings. The van der Waals surface area contributed by atoms with Gasteiger partial charge in [-0.3, -0.25) is 4.79 Å². The summed E-state index contributed by atoms with van der Waals surface area (Å²) in [7, 11) is 0. The van der Waals surface area contributed by atoms with E-state index in [1.54, 1.807) is 48.1 Å². The second kappa shape index (κ2) is 11.2. The number of hydrogen-bond acceptors (Lipinski definition) is 5. The number of nitrogens with one attached hydrogen (secondary N) is 1. The number of hydrogen-bond donors (Lipinski definition) is 1. The van der Waals surface area contributed by atoms with Crippen molar-refractivity contribution in [2.45, 2.75) is 38.8 Å². The first-order valence-electron chi connectivity index (χ1n) is 11.7. The van der Waals surface area contributed by atoms with E-state index in [0.29, 0.717) is 29.2 Å². The number of ether oxygens (including phenoxy) is 1. The largest absolute Gasteiger partial charge is 0.488 e. The highest BCUT2D eigenvalue weighted by molar-refractivity contribution is 9.10. The standard InChI is InChI=1S/C28H24BrFN2O3S/c29-22-14-18(11-12-24(22)35-17-19-6-1-3-9-23(19)30)15-32-28-26(21-8-2-4-10-25(21)36-28)27(33)31-16-20-7-5-13-34-20/h1,3,5-7,9,11-15H,2,4,8,10,16-17H2,(H,31,33). The molecule has 184 valence electrons. The molecule has 2 heterocycles. The zero-order valence-electron chi connectivity index (χ0n) is 19.4. The van der Waals surface area contributed by atoms with Crippen LogP contribution in [0.2, 0.25) is 0 Å². The lowest BCUT2D eigenvalue weighted by Crippen LogP contribution is -2.23. The molecule has 1 amide bonds. The molecule has 0 aliphatic heterocycles. The Morgan fingerprint density at radius 3 is 2.83 bits per heavy atom. The number of halogens is 2. The molecule has 5 nitrogen and oxygen atoms in total. The first kappa shape index (κ1) is 24.5. The Hall–Kier alpha value is -3.23. The minimum atomic E-state index is -0.292. The van der Waals surface area contributed by atoms with Crippen LogP contribution in [-0.2, 0) is 26.0 Å². The number of aryl methyl sites for hydroxylation is 1. The van der Waals surface area contributed by atoms with E-state index in [1.165, 1.54) is 10.9 Å². The van der Waals surface area contributed by atoms with Gasteiger partial charge in [-0.15, -0.1) is 11.3 Å². The van der Waals surface area contributed by atoms with Crippen molar-refractivity contribution in [3.05, 3.63) is 104 Å². The molecular formula is C28H24BrFN2O3S. The molecule has 2 aromatic carbocycles. The molecule has 1 N–H and O–H groups in total. The lowest BCUT2D eigenvalue weighted by atomic mass is 9.95. The molecule has 1 aliphatic carbocycles. The van der Waals surface area contributed by atoms with Gasteiger partial charge >= 0.3 is 0 Å². The van der Waals surface area contributed by atoms with Crippen LogP contribution in [0.3, 0.4) is 0 Å². The molecule has 0 saturated heterocycles. The van der Waals surface area contributed by atoms with E-state index >= 15 is 0 Å². The lowest BCUT2D eigenvalue weighted by Gasteiger charge is -2.12. The highest BCUT2D eigenvalue weighted by Gasteiger charge is 2.25. The summed E-state index contributed by atoms with van der Waals surface area (Å²) < 4.78 is 25.8. The Morgan fingerprint density at radius 2 is 2.03 bits per heavy atom. The van der Waals surface area contributed by atoms with Crippen LogP contribution in [-0.4, -0.2) is 12.1 Å². The van der Waals surface area contributed by atoms with Crippen LogP contribution in [0.5, 0.6) is 5.75 Å². The van der Waals surface area contributed by atoms with Crippen LogP contribution >= 0.6 is 27.3 Å². The number of carbonyl (C=O) groups excluding carboxylic acids is 1. The van der Waals surface area contributed by atoms with Crippen molar-refractivity contribution in [2.24, 2.45) is 4.99 Å². The Kier molecular flexibility index (Phi) is 7.63. The molecule has 2 aromatic heterocycles. The van der Waals surface area contributed by atoms with Crippen LogP contribution in [0, 0.1) is 5.82 Å². The molecule has 0 unspecified atom stereocenters. The van der Waals surface area contributed by atoms with Gasteiger partial charge in [0, 0.05) is 16.7 Å². The molecule has 8 heteroatoms. The third-order valence-corrected chi connectivity index (χ3v) is 7.83. The van der Waals surface area contributed by atoms with Crippen molar-refractivity contribution < 1.29 is 18.3 Å². The number of nitrogens with zero attached hydrogens (tertiary/aromatic N) is 1. The highest BCUT2D eigenvalue weighted by atomic mass is 79.9. The molecule has 0 atom stereocenters. The number of aliphatic imine (C=N–C) groups is 1. The second-order valence-corrected chi connectivity index (χ2v) is 10.4. The summed E-state index contributed by atoms with van der Waals surface area (Å²) in [5.41, 5.74) is 3.14. The fourth-order valence-corrected chi connectivity index (χ4v) is 5.91. The number of fused-ring (bicyclic) bond motifs is 1. The van der Waals surface area contributed by atoms with Gasteiger partial charge in [-0.1, -0.05) is 18.2 Å². The minimum absolute atomic E-state index is 0.129. The molecule has 0 spiro atoms. The smallest absolute Gasteiger partial charge is 0.255 e. The predicted octanol–water partition coefficient (Wildman–Crippen LogP) is 7.38. The van der Waals surface area contributed by atoms with Gasteiger partial charge < -0.3 is 14.5 Å². The fraction of sp³-hybridized carbons (Fsp3) is 0.214. The van der Waals surface area contributed by atoms with Gasteiger partial charge in [0.05, 0.1) is 22.8 Å². The highest BCUT2D eigenvalue weighted by Crippen LogP contribution is 2.40. The van der Waals surface area contributed by atoms with Gasteiger partial charge in [0.15, 0.2) is 0 Å². The van der Waals surface area contributed by atoms with E-state index in [-0.39, 0.29) is 18.3 Å². The van der Waals surface area contributed by atoms with Gasteiger partial charge in [-0.05, 0) is 89.1 Å². The fourth-order valence-electron chi connectivity index (χ4n) is 4.16. The molecule has 0 saturated carbocycles. The third-order valence-electron chi connectivity index (χ3n) is 6.01. The first-order chi connectivity index (χ1) is 17.6. The van der Waals surface area contributed by atoms with Crippen LogP contribution in [0.15, 0.2) is 74.7 Å². The van der Waals surface area contributed by atoms with Crippen molar-refractivity contribution in [3.63, 3.8) is 0 Å². The topological polar surface area (TPSA) is 63.8 Å². The molecule has 0 bridgehead atoms. The molecule has 4 aromatic rings. The summed E-state index contributed by atoms with van der Waals surface area (Å²) in [6.07, 6.45) is 7.43. The maximum atomic E-state index is 13.9. The second-order valence-electron chi connectivity index (χ2n) is 8.48. The summed E-state index contributed by atoms with van der Waals surface area (Å²) in [5, 5.41) is 3.69. The van der Waals surface area contributed by atoms with E-state index in [1.807, 2.05) is 24.3 Å². The molecular weight excluding hydrogens is 543 g/mol. The van der Waals surface area contributed by atoms with Crippen molar-refractivity contribution in [1.29, 1.82) is 0 Å². The number of furan rings is 1. The normalized spacial score (nSPS) is 13.1. The van der Waals surface area contributed by atoms with Crippen LogP contribution < -0.4 is 10.1 Å². The first-order valence-corrected chi connectivity index (χ1v) is 13.3. The molecule has 36 heavy (non-hydrogen) atoms. The Morgan fingerprint density at radius 1 is 1.17 bits per heavy atom. The zero-order chi connectivity index (χ0) is 24.9. The summed E-state index contributed by atoms with van der Waals surface area (Å²) in [5.74, 6) is 0.899. The average molecular weight is 567 g/mol. The number of carbonyl (C=O) groups is 1. The monoisotopic (exact) mass is 566 g/mol. The van der Waals surface area contributed by atoms with Crippen LogP contribution in [0.1, 0.15) is 50.5 Å². The molecule has 0 fully saturated rings. The summed E-state index contributed by atoms with van der Waals surface area (Å²) in [6.45, 7) is 0.469. The van der Waals surface area contributed by atoms with Gasteiger partial charge in [0.1, 0.15) is 28.9 Å². The molecule has 0 radical (unpaired) electrons. The van der Waals surface area contributed by atoms with Crippen LogP contribution in [0.4, 0.5) is 9.39 Å². The molecule has 5 rings (SSSR count). The Bertz CT molecular complexity index is 1400. The predicted molar refractivity (Wildman–Crippen MR) is 143 cm³/mol. The van der Waals surface area contributed by atoms with Gasteiger partial charge in [0.25, 0.3) is 5.91 Å². The lowest BCUT2D eigenvalue weighted by molar-refractivity contribution is 0.0948. The number of benzene rings is 2. The summed E-state index contributed by atoms with van der Waals surface area (Å²) >= 11 is 5.13. The number of thiophene rings is 1. The van der Waals surface area contributed by atoms with Crippen molar-refractivity contribution in [1.82, 2.24) is 5.32 Å². The van der Waals surface area contributed by atoms with E-state index < -0.39 is 0 Å². The maximum absolute atomic E-state index is 13.9. The van der Waals surface area contributed by atoms with Crippen molar-refractivity contribution in [2.75, 3.05) is 0 Å². The van der Waals surface area contributed by atoms with Crippen LogP contribution in [0.25, 0.3) is 0 Å². The van der Waals surface area contributed by atoms with Gasteiger partial charge in [-0.25, -0.2) is 9.38 Å². The maximum Gasteiger partial charge on any atom is 0.255 e. The average Bonchev–Trinajstić information content (AvgIpc) is 3.54. The number of amides is 1. The Balaban J connectivity index is 1.33. The quantitative estimate of drug-likeness (QED) is 0.226. The number of rotatable bonds is 8. The zero-order valence-corrected chi connectivity index (χ0v) is 21.8. The van der Waals surface area contributed by atoms with Crippen molar-refractivity contribution >= 4 is 44.4 Å².